The summed E-state index contributed by atoms with van der Waals surface area (Å²) >= 11 is 3.62. The molecule has 2 aromatic carbocycles. The van der Waals surface area contributed by atoms with E-state index in [4.69, 9.17) is 9.73 Å². The summed E-state index contributed by atoms with van der Waals surface area (Å²) in [5.74, 6) is 1.49. The number of fused-ring (bicyclic) bond motifs is 1. The number of nitrogens with zero attached hydrogens (tertiary/aromatic N) is 3. The Bertz CT molecular complexity index is 1080. The smallest absolute Gasteiger partial charge is 0.156 e. The highest BCUT2D eigenvalue weighted by molar-refractivity contribution is 9.10. The lowest BCUT2D eigenvalue weighted by atomic mass is 9.92. The molecule has 2 heterocycles. The van der Waals surface area contributed by atoms with Crippen LogP contribution in [-0.4, -0.2) is 40.1 Å². The largest absolute Gasteiger partial charge is 0.495 e. The van der Waals surface area contributed by atoms with Crippen LogP contribution in [-0.2, 0) is 0 Å². The molecule has 3 aromatic rings. The Hall–Kier alpha value is -2.70. The van der Waals surface area contributed by atoms with Gasteiger partial charge in [-0.15, -0.1) is 0 Å². The Balaban J connectivity index is 1.88. The summed E-state index contributed by atoms with van der Waals surface area (Å²) in [5, 5.41) is 10.5. The Kier molecular flexibility index (Phi) is 6.12. The van der Waals surface area contributed by atoms with Gasteiger partial charge in [0.05, 0.1) is 30.6 Å². The number of hydrogen-bond donors (Lipinski definition) is 1. The fourth-order valence-electron chi connectivity index (χ4n) is 3.78. The average Bonchev–Trinajstić information content (AvgIpc) is 2.77. The second-order valence-corrected chi connectivity index (χ2v) is 9.21. The lowest BCUT2D eigenvalue weighted by Gasteiger charge is -2.39. The number of hydrogen-bond acceptors (Lipinski definition) is 5. The molecule has 5 nitrogen and oxygen atoms in total. The van der Waals surface area contributed by atoms with E-state index in [0.29, 0.717) is 18.7 Å². The van der Waals surface area contributed by atoms with Gasteiger partial charge in [0, 0.05) is 16.6 Å². The van der Waals surface area contributed by atoms with Crippen molar-refractivity contribution in [1.29, 1.82) is 0 Å². The second kappa shape index (κ2) is 8.81. The van der Waals surface area contributed by atoms with Crippen molar-refractivity contribution in [2.75, 3.05) is 13.7 Å². The molecule has 1 aliphatic heterocycles. The number of aliphatic hydroxyl groups is 1. The molecular formula is C25H26BrN3O2. The van der Waals surface area contributed by atoms with Crippen LogP contribution in [0.3, 0.4) is 0 Å². The SMILES string of the molecule is COc1ccc(C2=Nc3ccc(Br)cc3[C@H](c3ccccc3)N2CCC(C)(C)O)nc1. The molecule has 1 aliphatic rings. The first-order valence-electron chi connectivity index (χ1n) is 10.3. The van der Waals surface area contributed by atoms with Crippen molar-refractivity contribution in [2.45, 2.75) is 31.9 Å². The van der Waals surface area contributed by atoms with Crippen LogP contribution in [0.2, 0.25) is 0 Å². The number of aromatic nitrogens is 1. The van der Waals surface area contributed by atoms with E-state index in [2.05, 4.69) is 56.1 Å². The van der Waals surface area contributed by atoms with E-state index in [-0.39, 0.29) is 6.04 Å². The Morgan fingerprint density at radius 2 is 1.87 bits per heavy atom. The van der Waals surface area contributed by atoms with Gasteiger partial charge < -0.3 is 14.7 Å². The molecule has 6 heteroatoms. The van der Waals surface area contributed by atoms with Crippen LogP contribution in [0.5, 0.6) is 5.75 Å². The van der Waals surface area contributed by atoms with Gasteiger partial charge in [0.2, 0.25) is 0 Å². The van der Waals surface area contributed by atoms with Gasteiger partial charge in [-0.2, -0.15) is 0 Å². The first-order valence-corrected chi connectivity index (χ1v) is 11.1. The van der Waals surface area contributed by atoms with E-state index in [1.54, 1.807) is 13.3 Å². The zero-order chi connectivity index (χ0) is 22.0. The maximum Gasteiger partial charge on any atom is 0.156 e. The summed E-state index contributed by atoms with van der Waals surface area (Å²) in [6, 6.07) is 20.4. The quantitative estimate of drug-likeness (QED) is 0.507. The molecular weight excluding hydrogens is 454 g/mol. The Morgan fingerprint density at radius 3 is 2.52 bits per heavy atom. The summed E-state index contributed by atoms with van der Waals surface area (Å²) in [6.07, 6.45) is 2.30. The van der Waals surface area contributed by atoms with Crippen molar-refractivity contribution in [3.05, 3.63) is 88.2 Å². The highest BCUT2D eigenvalue weighted by atomic mass is 79.9. The molecule has 0 fully saturated rings. The van der Waals surface area contributed by atoms with Crippen LogP contribution >= 0.6 is 15.9 Å². The number of benzene rings is 2. The standard InChI is InChI=1S/C25H26BrN3O2/c1-25(2,30)13-14-29-23(17-7-5-4-6-8-17)20-15-18(26)9-11-21(20)28-24(29)22-12-10-19(31-3)16-27-22/h4-12,15-16,23,30H,13-14H2,1-3H3/t23-/m0/s1. The topological polar surface area (TPSA) is 58.0 Å². The number of rotatable bonds is 6. The van der Waals surface area contributed by atoms with Crippen molar-refractivity contribution in [2.24, 2.45) is 4.99 Å². The maximum atomic E-state index is 10.5. The number of ether oxygens (including phenoxy) is 1. The zero-order valence-electron chi connectivity index (χ0n) is 17.9. The molecule has 0 radical (unpaired) electrons. The van der Waals surface area contributed by atoms with Crippen LogP contribution in [0.25, 0.3) is 0 Å². The van der Waals surface area contributed by atoms with Gasteiger partial charge in [-0.25, -0.2) is 9.98 Å². The molecule has 1 N–H and O–H groups in total. The Morgan fingerprint density at radius 1 is 1.10 bits per heavy atom. The van der Waals surface area contributed by atoms with Gasteiger partial charge in [-0.05, 0) is 56.2 Å². The van der Waals surface area contributed by atoms with Gasteiger partial charge >= 0.3 is 0 Å². The summed E-state index contributed by atoms with van der Waals surface area (Å²) in [4.78, 5) is 11.9. The van der Waals surface area contributed by atoms with Crippen LogP contribution in [0.15, 0.2) is 76.3 Å². The van der Waals surface area contributed by atoms with Gasteiger partial charge in [-0.3, -0.25) is 0 Å². The van der Waals surface area contributed by atoms with Crippen LogP contribution in [0.4, 0.5) is 5.69 Å². The monoisotopic (exact) mass is 479 g/mol. The lowest BCUT2D eigenvalue weighted by Crippen LogP contribution is -2.41. The van der Waals surface area contributed by atoms with Gasteiger partial charge in [-0.1, -0.05) is 46.3 Å². The van der Waals surface area contributed by atoms with Gasteiger partial charge in [0.1, 0.15) is 11.4 Å². The minimum atomic E-state index is -0.794. The molecule has 0 aliphatic carbocycles. The molecule has 0 saturated carbocycles. The predicted octanol–water partition coefficient (Wildman–Crippen LogP) is 5.50. The third-order valence-electron chi connectivity index (χ3n) is 5.38. The molecule has 1 aromatic heterocycles. The first-order chi connectivity index (χ1) is 14.9. The number of halogens is 1. The molecule has 31 heavy (non-hydrogen) atoms. The fraction of sp³-hybridized carbons (Fsp3) is 0.280. The van der Waals surface area contributed by atoms with E-state index < -0.39 is 5.60 Å². The fourth-order valence-corrected chi connectivity index (χ4v) is 4.16. The first kappa shape index (κ1) is 21.5. The Labute approximate surface area is 191 Å². The third kappa shape index (κ3) is 4.81. The molecule has 0 saturated heterocycles. The van der Waals surface area contributed by atoms with E-state index >= 15 is 0 Å². The van der Waals surface area contributed by atoms with E-state index in [1.807, 2.05) is 44.2 Å². The number of aliphatic imine (C=N–C) groups is 1. The van der Waals surface area contributed by atoms with Crippen molar-refractivity contribution < 1.29 is 9.84 Å². The van der Waals surface area contributed by atoms with Crippen molar-refractivity contribution in [3.63, 3.8) is 0 Å². The second-order valence-electron chi connectivity index (χ2n) is 8.29. The van der Waals surface area contributed by atoms with Gasteiger partial charge in [0.15, 0.2) is 5.84 Å². The third-order valence-corrected chi connectivity index (χ3v) is 5.87. The van der Waals surface area contributed by atoms with Crippen molar-refractivity contribution in [1.82, 2.24) is 9.88 Å². The van der Waals surface area contributed by atoms with Crippen LogP contribution in [0.1, 0.15) is 43.1 Å². The number of pyridine rings is 1. The minimum absolute atomic E-state index is 0.0487. The summed E-state index contributed by atoms with van der Waals surface area (Å²) in [6.45, 7) is 4.30. The lowest BCUT2D eigenvalue weighted by molar-refractivity contribution is 0.0624. The molecule has 0 spiro atoms. The maximum absolute atomic E-state index is 10.5. The van der Waals surface area contributed by atoms with Crippen molar-refractivity contribution in [3.8, 4) is 5.75 Å². The molecule has 0 unspecified atom stereocenters. The van der Waals surface area contributed by atoms with E-state index in [9.17, 15) is 5.11 Å². The van der Waals surface area contributed by atoms with Crippen LogP contribution < -0.4 is 4.74 Å². The van der Waals surface area contributed by atoms with E-state index in [0.717, 1.165) is 27.3 Å². The van der Waals surface area contributed by atoms with Crippen molar-refractivity contribution >= 4 is 27.5 Å². The molecule has 0 bridgehead atoms. The molecule has 0 amide bonds. The van der Waals surface area contributed by atoms with Crippen LogP contribution in [0, 0.1) is 0 Å². The van der Waals surface area contributed by atoms with Gasteiger partial charge in [0.25, 0.3) is 0 Å². The summed E-state index contributed by atoms with van der Waals surface area (Å²) in [7, 11) is 1.63. The highest BCUT2D eigenvalue weighted by Crippen LogP contribution is 2.41. The summed E-state index contributed by atoms with van der Waals surface area (Å²) in [5.41, 5.74) is 3.18. The zero-order valence-corrected chi connectivity index (χ0v) is 19.5. The molecule has 4 rings (SSSR count). The summed E-state index contributed by atoms with van der Waals surface area (Å²) < 4.78 is 6.29. The minimum Gasteiger partial charge on any atom is -0.495 e. The highest BCUT2D eigenvalue weighted by Gasteiger charge is 2.33. The number of amidine groups is 1. The number of methoxy groups -OCH3 is 1. The average molecular weight is 480 g/mol. The molecule has 160 valence electrons. The van der Waals surface area contributed by atoms with E-state index in [1.165, 1.54) is 5.56 Å². The predicted molar refractivity (Wildman–Crippen MR) is 127 cm³/mol. The normalized spacial score (nSPS) is 16.0. The molecule has 1 atom stereocenters.